The van der Waals surface area contributed by atoms with E-state index in [2.05, 4.69) is 35.3 Å². The van der Waals surface area contributed by atoms with Crippen molar-refractivity contribution < 1.29 is 9.84 Å². The lowest BCUT2D eigenvalue weighted by Gasteiger charge is -2.06. The lowest BCUT2D eigenvalue weighted by atomic mass is 10.0. The van der Waals surface area contributed by atoms with Gasteiger partial charge in [-0.2, -0.15) is 0 Å². The van der Waals surface area contributed by atoms with Crippen molar-refractivity contribution in [1.82, 2.24) is 15.4 Å². The summed E-state index contributed by atoms with van der Waals surface area (Å²) in [6.07, 6.45) is 3.52. The van der Waals surface area contributed by atoms with Crippen LogP contribution in [-0.2, 0) is 12.8 Å². The van der Waals surface area contributed by atoms with Gasteiger partial charge in [-0.15, -0.1) is 10.2 Å². The monoisotopic (exact) mass is 337 g/mol. The van der Waals surface area contributed by atoms with Crippen molar-refractivity contribution in [3.63, 3.8) is 0 Å². The molecule has 0 amide bonds. The average Bonchev–Trinajstić information content (AvgIpc) is 2.68. The predicted molar refractivity (Wildman–Crippen MR) is 98.7 cm³/mol. The summed E-state index contributed by atoms with van der Waals surface area (Å²) in [6.45, 7) is 4.17. The number of para-hydroxylation sites is 1. The predicted octanol–water partition coefficient (Wildman–Crippen LogP) is 4.06. The van der Waals surface area contributed by atoms with Gasteiger partial charge in [0.1, 0.15) is 17.2 Å². The van der Waals surface area contributed by atoms with Crippen LogP contribution in [0.5, 0.6) is 11.5 Å². The zero-order valence-electron chi connectivity index (χ0n) is 14.8. The molecule has 25 heavy (non-hydrogen) atoms. The van der Waals surface area contributed by atoms with Crippen molar-refractivity contribution in [2.75, 3.05) is 7.11 Å². The molecule has 0 bridgehead atoms. The Morgan fingerprint density at radius 1 is 0.960 bits per heavy atom. The first-order valence-corrected chi connectivity index (χ1v) is 8.28. The summed E-state index contributed by atoms with van der Waals surface area (Å²) in [6, 6.07) is 15.2. The molecule has 0 atom stereocenters. The summed E-state index contributed by atoms with van der Waals surface area (Å²) >= 11 is 0. The number of hydrogen-bond donors (Lipinski definition) is 1. The third kappa shape index (κ3) is 4.76. The fourth-order valence-corrected chi connectivity index (χ4v) is 2.60. The van der Waals surface area contributed by atoms with Crippen LogP contribution in [0.1, 0.15) is 25.0 Å². The number of rotatable bonds is 4. The molecule has 1 N–H and O–H groups in total. The Bertz CT molecular complexity index is 792. The van der Waals surface area contributed by atoms with Gasteiger partial charge in [0.25, 0.3) is 0 Å². The third-order valence-electron chi connectivity index (χ3n) is 3.87. The van der Waals surface area contributed by atoms with E-state index >= 15 is 0 Å². The van der Waals surface area contributed by atoms with Crippen molar-refractivity contribution in [3.05, 3.63) is 65.9 Å². The maximum Gasteiger partial charge on any atom is 0.128 e. The van der Waals surface area contributed by atoms with Crippen LogP contribution in [0.4, 0.5) is 0 Å². The van der Waals surface area contributed by atoms with Gasteiger partial charge < -0.3 is 9.84 Å². The SMILES string of the molecule is CCc1cccc(O)c1CC.COc1ccccc1-c1ccnnn1. The van der Waals surface area contributed by atoms with Crippen molar-refractivity contribution in [2.45, 2.75) is 26.7 Å². The van der Waals surface area contributed by atoms with Crippen LogP contribution < -0.4 is 4.74 Å². The van der Waals surface area contributed by atoms with Gasteiger partial charge in [-0.05, 0) is 53.4 Å². The second kappa shape index (κ2) is 9.37. The van der Waals surface area contributed by atoms with Crippen LogP contribution in [0.25, 0.3) is 11.3 Å². The number of benzene rings is 2. The molecule has 3 rings (SSSR count). The van der Waals surface area contributed by atoms with E-state index < -0.39 is 0 Å². The van der Waals surface area contributed by atoms with Crippen LogP contribution >= 0.6 is 0 Å². The second-order valence-corrected chi connectivity index (χ2v) is 5.33. The van der Waals surface area contributed by atoms with E-state index in [1.54, 1.807) is 25.4 Å². The van der Waals surface area contributed by atoms with Gasteiger partial charge in [-0.1, -0.05) is 38.1 Å². The number of aromatic nitrogens is 3. The first-order chi connectivity index (χ1) is 12.2. The quantitative estimate of drug-likeness (QED) is 0.777. The molecule has 5 heteroatoms. The third-order valence-corrected chi connectivity index (χ3v) is 3.87. The molecule has 1 aromatic heterocycles. The normalized spacial score (nSPS) is 9.88. The summed E-state index contributed by atoms with van der Waals surface area (Å²) < 4.78 is 5.21. The number of ether oxygens (including phenoxy) is 1. The van der Waals surface area contributed by atoms with Crippen molar-refractivity contribution in [2.24, 2.45) is 0 Å². The maximum atomic E-state index is 9.42. The summed E-state index contributed by atoms with van der Waals surface area (Å²) in [5.74, 6) is 1.22. The molecule has 0 fully saturated rings. The van der Waals surface area contributed by atoms with Crippen LogP contribution in [0, 0.1) is 0 Å². The van der Waals surface area contributed by atoms with E-state index in [9.17, 15) is 5.11 Å². The number of hydrogen-bond acceptors (Lipinski definition) is 5. The topological polar surface area (TPSA) is 68.1 Å². The minimum absolute atomic E-state index is 0.437. The van der Waals surface area contributed by atoms with Crippen LogP contribution in [0.2, 0.25) is 0 Å². The van der Waals surface area contributed by atoms with Gasteiger partial charge in [0, 0.05) is 5.56 Å². The van der Waals surface area contributed by atoms with Gasteiger partial charge in [-0.3, -0.25) is 0 Å². The number of nitrogens with zero attached hydrogens (tertiary/aromatic N) is 3. The fourth-order valence-electron chi connectivity index (χ4n) is 2.60. The molecule has 0 radical (unpaired) electrons. The van der Waals surface area contributed by atoms with Gasteiger partial charge >= 0.3 is 0 Å². The molecule has 3 aromatic rings. The minimum Gasteiger partial charge on any atom is -0.508 e. The molecular weight excluding hydrogens is 314 g/mol. The number of aryl methyl sites for hydroxylation is 1. The number of aromatic hydroxyl groups is 1. The van der Waals surface area contributed by atoms with Crippen LogP contribution in [0.15, 0.2) is 54.7 Å². The van der Waals surface area contributed by atoms with Gasteiger partial charge in [0.05, 0.1) is 13.3 Å². The maximum absolute atomic E-state index is 9.42. The van der Waals surface area contributed by atoms with E-state index in [4.69, 9.17) is 4.74 Å². The molecule has 1 heterocycles. The molecule has 0 aliphatic carbocycles. The Hall–Kier alpha value is -2.95. The highest BCUT2D eigenvalue weighted by molar-refractivity contribution is 5.66. The lowest BCUT2D eigenvalue weighted by molar-refractivity contribution is 0.416. The summed E-state index contributed by atoms with van der Waals surface area (Å²) in [7, 11) is 1.63. The van der Waals surface area contributed by atoms with Gasteiger partial charge in [0.2, 0.25) is 0 Å². The smallest absolute Gasteiger partial charge is 0.128 e. The van der Waals surface area contributed by atoms with Crippen molar-refractivity contribution >= 4 is 0 Å². The molecule has 0 saturated carbocycles. The summed E-state index contributed by atoms with van der Waals surface area (Å²) in [5, 5.41) is 20.5. The zero-order chi connectivity index (χ0) is 18.1. The molecule has 0 spiro atoms. The van der Waals surface area contributed by atoms with Crippen molar-refractivity contribution in [3.8, 4) is 22.8 Å². The van der Waals surface area contributed by atoms with E-state index in [-0.39, 0.29) is 0 Å². The molecule has 5 nitrogen and oxygen atoms in total. The first kappa shape index (κ1) is 18.4. The van der Waals surface area contributed by atoms with E-state index in [0.29, 0.717) is 5.75 Å². The van der Waals surface area contributed by atoms with Crippen LogP contribution in [0.3, 0.4) is 0 Å². The highest BCUT2D eigenvalue weighted by Crippen LogP contribution is 2.26. The molecular formula is C20H23N3O2. The Balaban J connectivity index is 0.000000186. The Kier molecular flexibility index (Phi) is 6.89. The second-order valence-electron chi connectivity index (χ2n) is 5.33. The highest BCUT2D eigenvalue weighted by atomic mass is 16.5. The Morgan fingerprint density at radius 2 is 1.76 bits per heavy atom. The lowest BCUT2D eigenvalue weighted by Crippen LogP contribution is -1.92. The van der Waals surface area contributed by atoms with E-state index in [0.717, 1.165) is 35.4 Å². The van der Waals surface area contributed by atoms with Crippen LogP contribution in [-0.4, -0.2) is 27.6 Å². The van der Waals surface area contributed by atoms with Crippen molar-refractivity contribution in [1.29, 1.82) is 0 Å². The van der Waals surface area contributed by atoms with Gasteiger partial charge in [0.15, 0.2) is 0 Å². The fraction of sp³-hybridized carbons (Fsp3) is 0.250. The number of phenolic OH excluding ortho intramolecular Hbond substituents is 1. The largest absolute Gasteiger partial charge is 0.508 e. The van der Waals surface area contributed by atoms with E-state index in [1.807, 2.05) is 30.3 Å². The Labute approximate surface area is 148 Å². The highest BCUT2D eigenvalue weighted by Gasteiger charge is 2.05. The van der Waals surface area contributed by atoms with Gasteiger partial charge in [-0.25, -0.2) is 0 Å². The zero-order valence-corrected chi connectivity index (χ0v) is 14.8. The molecule has 0 aliphatic heterocycles. The molecule has 0 aliphatic rings. The number of phenols is 1. The minimum atomic E-state index is 0.437. The average molecular weight is 337 g/mol. The molecule has 130 valence electrons. The molecule has 0 unspecified atom stereocenters. The first-order valence-electron chi connectivity index (χ1n) is 8.28. The standard InChI is InChI=1S/C10H9N3O.C10H14O/c1-14-10-5-3-2-4-8(10)9-6-7-11-13-12-9;1-3-8-6-5-7-10(11)9(8)4-2/h2-7H,1H3;5-7,11H,3-4H2,1-2H3. The molecule has 0 saturated heterocycles. The van der Waals surface area contributed by atoms with E-state index in [1.165, 1.54) is 5.56 Å². The summed E-state index contributed by atoms with van der Waals surface area (Å²) in [4.78, 5) is 0. The summed E-state index contributed by atoms with van der Waals surface area (Å²) in [5.41, 5.74) is 4.03. The number of methoxy groups -OCH3 is 1. The molecule has 2 aromatic carbocycles. The Morgan fingerprint density at radius 3 is 2.36 bits per heavy atom.